The van der Waals surface area contributed by atoms with Crippen LogP contribution in [0.1, 0.15) is 59.3 Å². The molecule has 0 amide bonds. The summed E-state index contributed by atoms with van der Waals surface area (Å²) in [5.41, 5.74) is 0.695. The number of allylic oxidation sites excluding steroid dienone is 2. The van der Waals surface area contributed by atoms with Crippen molar-refractivity contribution in [1.29, 1.82) is 0 Å². The molecule has 0 saturated heterocycles. The standard InChI is InChI=1S/C22H27FO4/c1-11-9-13-14(5-7-22(4)15(13)10-16(23)20(22)26)21(3)8-6-17(25)19(18(11)21)27-12(2)24/h13-16H,1,5-10H2,2-4H3/t13-,14-,15+,16?,21-,22+/m1/s1. The van der Waals surface area contributed by atoms with Crippen LogP contribution < -0.4 is 0 Å². The van der Waals surface area contributed by atoms with Crippen LogP contribution in [-0.2, 0) is 19.1 Å². The normalized spacial score (nSPS) is 43.9. The quantitative estimate of drug-likeness (QED) is 0.649. The third kappa shape index (κ3) is 2.43. The number of alkyl halides is 1. The highest BCUT2D eigenvalue weighted by Gasteiger charge is 2.63. The minimum absolute atomic E-state index is 0.0173. The van der Waals surface area contributed by atoms with Crippen molar-refractivity contribution in [2.45, 2.75) is 65.5 Å². The molecular weight excluding hydrogens is 347 g/mol. The second-order valence-electron chi connectivity index (χ2n) is 9.35. The topological polar surface area (TPSA) is 60.4 Å². The van der Waals surface area contributed by atoms with Crippen molar-refractivity contribution in [1.82, 2.24) is 0 Å². The van der Waals surface area contributed by atoms with E-state index >= 15 is 0 Å². The van der Waals surface area contributed by atoms with Gasteiger partial charge >= 0.3 is 5.97 Å². The molecule has 27 heavy (non-hydrogen) atoms. The highest BCUT2D eigenvalue weighted by atomic mass is 19.1. The van der Waals surface area contributed by atoms with E-state index in [0.717, 1.165) is 17.6 Å². The van der Waals surface area contributed by atoms with Gasteiger partial charge in [0.25, 0.3) is 0 Å². The molecular formula is C22H27FO4. The first-order valence-electron chi connectivity index (χ1n) is 9.92. The predicted octanol–water partition coefficient (Wildman–Crippen LogP) is 4.09. The summed E-state index contributed by atoms with van der Waals surface area (Å²) in [5, 5.41) is 0. The molecule has 0 radical (unpaired) electrons. The fourth-order valence-electron chi connectivity index (χ4n) is 6.70. The van der Waals surface area contributed by atoms with Gasteiger partial charge in [-0.15, -0.1) is 0 Å². The van der Waals surface area contributed by atoms with Crippen molar-refractivity contribution in [2.24, 2.45) is 28.6 Å². The fraction of sp³-hybridized carbons (Fsp3) is 0.682. The van der Waals surface area contributed by atoms with E-state index in [2.05, 4.69) is 13.5 Å². The average molecular weight is 374 g/mol. The number of halogens is 1. The Balaban J connectivity index is 1.79. The number of ketones is 2. The van der Waals surface area contributed by atoms with Gasteiger partial charge in [-0.2, -0.15) is 0 Å². The Morgan fingerprint density at radius 2 is 1.89 bits per heavy atom. The lowest BCUT2D eigenvalue weighted by molar-refractivity contribution is -0.142. The van der Waals surface area contributed by atoms with Crippen LogP contribution in [0.15, 0.2) is 23.5 Å². The molecule has 6 atom stereocenters. The average Bonchev–Trinajstić information content (AvgIpc) is 2.82. The Morgan fingerprint density at radius 3 is 2.56 bits per heavy atom. The van der Waals surface area contributed by atoms with Crippen LogP contribution in [0.4, 0.5) is 4.39 Å². The smallest absolute Gasteiger partial charge is 0.308 e. The molecule has 1 unspecified atom stereocenters. The van der Waals surface area contributed by atoms with Gasteiger partial charge < -0.3 is 4.74 Å². The van der Waals surface area contributed by atoms with Gasteiger partial charge in [-0.05, 0) is 55.4 Å². The van der Waals surface area contributed by atoms with E-state index in [1.807, 2.05) is 6.92 Å². The number of ether oxygens (including phenoxy) is 1. The van der Waals surface area contributed by atoms with E-state index in [-0.39, 0.29) is 40.5 Å². The van der Waals surface area contributed by atoms with Crippen LogP contribution in [0.3, 0.4) is 0 Å². The van der Waals surface area contributed by atoms with Gasteiger partial charge in [0, 0.05) is 29.7 Å². The number of hydrogen-bond acceptors (Lipinski definition) is 4. The number of carbonyl (C=O) groups excluding carboxylic acids is 3. The van der Waals surface area contributed by atoms with Crippen molar-refractivity contribution >= 4 is 17.5 Å². The zero-order chi connectivity index (χ0) is 19.7. The maximum absolute atomic E-state index is 14.3. The highest BCUT2D eigenvalue weighted by Crippen LogP contribution is 2.66. The minimum atomic E-state index is -1.36. The molecule has 0 bridgehead atoms. The highest BCUT2D eigenvalue weighted by molar-refractivity contribution is 5.98. The first-order chi connectivity index (χ1) is 12.6. The second-order valence-corrected chi connectivity index (χ2v) is 9.35. The van der Waals surface area contributed by atoms with Gasteiger partial charge in [-0.25, -0.2) is 4.39 Å². The van der Waals surface area contributed by atoms with Gasteiger partial charge in [0.1, 0.15) is 0 Å². The monoisotopic (exact) mass is 374 g/mol. The lowest BCUT2D eigenvalue weighted by Crippen LogP contribution is -2.51. The molecule has 0 aromatic heterocycles. The zero-order valence-electron chi connectivity index (χ0n) is 16.3. The zero-order valence-corrected chi connectivity index (χ0v) is 16.3. The van der Waals surface area contributed by atoms with Crippen LogP contribution in [0.25, 0.3) is 0 Å². The number of hydrogen-bond donors (Lipinski definition) is 0. The first kappa shape index (κ1) is 18.6. The predicted molar refractivity (Wildman–Crippen MR) is 97.2 cm³/mol. The number of Topliss-reactive ketones (excluding diaryl/α,β-unsaturated/α-hetero) is 2. The van der Waals surface area contributed by atoms with E-state index in [1.165, 1.54) is 6.92 Å². The summed E-state index contributed by atoms with van der Waals surface area (Å²) in [6.07, 6.45) is 2.10. The summed E-state index contributed by atoms with van der Waals surface area (Å²) in [7, 11) is 0. The Labute approximate surface area is 159 Å². The van der Waals surface area contributed by atoms with Crippen LogP contribution in [-0.4, -0.2) is 23.7 Å². The molecule has 3 saturated carbocycles. The van der Waals surface area contributed by atoms with Crippen LogP contribution >= 0.6 is 0 Å². The largest absolute Gasteiger partial charge is 0.423 e. The molecule has 5 heteroatoms. The van der Waals surface area contributed by atoms with Crippen LogP contribution in [0, 0.1) is 28.6 Å². The Morgan fingerprint density at radius 1 is 1.19 bits per heavy atom. The summed E-state index contributed by atoms with van der Waals surface area (Å²) >= 11 is 0. The van der Waals surface area contributed by atoms with E-state index in [4.69, 9.17) is 4.74 Å². The Bertz CT molecular complexity index is 796. The summed E-state index contributed by atoms with van der Waals surface area (Å²) in [4.78, 5) is 36.5. The summed E-state index contributed by atoms with van der Waals surface area (Å²) < 4.78 is 19.7. The first-order valence-corrected chi connectivity index (χ1v) is 9.92. The lowest BCUT2D eigenvalue weighted by Gasteiger charge is -2.57. The second kappa shape index (κ2) is 5.86. The third-order valence-corrected chi connectivity index (χ3v) is 7.96. The number of fused-ring (bicyclic) bond motifs is 5. The Kier molecular flexibility index (Phi) is 4.03. The molecule has 3 fully saturated rings. The number of rotatable bonds is 1. The van der Waals surface area contributed by atoms with Gasteiger partial charge in [0.2, 0.25) is 0 Å². The number of esters is 1. The number of carbonyl (C=O) groups is 3. The molecule has 0 aliphatic heterocycles. The van der Waals surface area contributed by atoms with Gasteiger partial charge in [0.05, 0.1) is 0 Å². The molecule has 0 spiro atoms. The van der Waals surface area contributed by atoms with E-state index in [9.17, 15) is 18.8 Å². The fourth-order valence-corrected chi connectivity index (χ4v) is 6.70. The van der Waals surface area contributed by atoms with E-state index < -0.39 is 17.6 Å². The van der Waals surface area contributed by atoms with Crippen molar-refractivity contribution < 1.29 is 23.5 Å². The summed E-state index contributed by atoms with van der Waals surface area (Å²) in [6, 6.07) is 0. The molecule has 4 rings (SSSR count). The SMILES string of the molecule is C=C1C[C@@H]2[C@@H](CC[C@]3(C)C(=O)C(F)C[C@@H]23)[C@@]2(C)CCC(=O)C(OC(C)=O)=C12. The van der Waals surface area contributed by atoms with Crippen molar-refractivity contribution in [3.8, 4) is 0 Å². The van der Waals surface area contributed by atoms with Crippen LogP contribution in [0.5, 0.6) is 0 Å². The lowest BCUT2D eigenvalue weighted by atomic mass is 9.46. The van der Waals surface area contributed by atoms with E-state index in [1.54, 1.807) is 0 Å². The maximum Gasteiger partial charge on any atom is 0.308 e. The Hall–Kier alpha value is -1.78. The van der Waals surface area contributed by atoms with Gasteiger partial charge in [-0.1, -0.05) is 20.4 Å². The van der Waals surface area contributed by atoms with Gasteiger partial charge in [0.15, 0.2) is 23.5 Å². The molecule has 0 aromatic carbocycles. The third-order valence-electron chi connectivity index (χ3n) is 7.96. The van der Waals surface area contributed by atoms with Crippen molar-refractivity contribution in [3.63, 3.8) is 0 Å². The molecule has 0 N–H and O–H groups in total. The molecule has 4 aliphatic rings. The maximum atomic E-state index is 14.3. The van der Waals surface area contributed by atoms with Crippen molar-refractivity contribution in [2.75, 3.05) is 0 Å². The molecule has 4 nitrogen and oxygen atoms in total. The molecule has 146 valence electrons. The van der Waals surface area contributed by atoms with E-state index in [0.29, 0.717) is 32.1 Å². The summed E-state index contributed by atoms with van der Waals surface area (Å²) in [5.74, 6) is -0.264. The molecule has 0 heterocycles. The van der Waals surface area contributed by atoms with Gasteiger partial charge in [-0.3, -0.25) is 14.4 Å². The minimum Gasteiger partial charge on any atom is -0.423 e. The van der Waals surface area contributed by atoms with Crippen molar-refractivity contribution in [3.05, 3.63) is 23.5 Å². The molecule has 0 aromatic rings. The summed E-state index contributed by atoms with van der Waals surface area (Å²) in [6.45, 7) is 9.59. The van der Waals surface area contributed by atoms with Crippen LogP contribution in [0.2, 0.25) is 0 Å². The molecule has 4 aliphatic carbocycles.